The predicted molar refractivity (Wildman–Crippen MR) is 73.9 cm³/mol. The second-order valence-electron chi connectivity index (χ2n) is 5.64. The molecule has 4 atom stereocenters. The average molecular weight is 276 g/mol. The number of nitrogens with zero attached hydrogens (tertiary/aromatic N) is 2. The minimum absolute atomic E-state index is 0.207. The molecule has 5 nitrogen and oxygen atoms in total. The van der Waals surface area contributed by atoms with E-state index >= 15 is 0 Å². The zero-order valence-electron chi connectivity index (χ0n) is 11.7. The summed E-state index contributed by atoms with van der Waals surface area (Å²) < 4.78 is 5.57. The minimum Gasteiger partial charge on any atom is -0.365 e. The number of carbonyl (C=O) groups excluding carboxylic acids is 2. The van der Waals surface area contributed by atoms with Crippen molar-refractivity contribution in [2.45, 2.75) is 51.2 Å². The van der Waals surface area contributed by atoms with Gasteiger partial charge < -0.3 is 4.74 Å². The summed E-state index contributed by atoms with van der Waals surface area (Å²) in [6.07, 6.45) is 10.4. The second-order valence-corrected chi connectivity index (χ2v) is 5.64. The lowest BCUT2D eigenvalue weighted by Gasteiger charge is -2.11. The van der Waals surface area contributed by atoms with E-state index < -0.39 is 0 Å². The molecule has 2 fully saturated rings. The van der Waals surface area contributed by atoms with E-state index in [0.29, 0.717) is 0 Å². The molecule has 3 aliphatic rings. The van der Waals surface area contributed by atoms with Gasteiger partial charge in [-0.15, -0.1) is 0 Å². The van der Waals surface area contributed by atoms with E-state index in [2.05, 4.69) is 12.0 Å². The predicted octanol–water partition coefficient (Wildman–Crippen LogP) is 1.88. The summed E-state index contributed by atoms with van der Waals surface area (Å²) in [5.74, 6) is -1.12. The number of unbranched alkanes of at least 4 members (excludes halogenated alkanes) is 4. The van der Waals surface area contributed by atoms with Gasteiger partial charge in [-0.25, -0.2) is 0 Å². The molecule has 3 rings (SSSR count). The zero-order chi connectivity index (χ0) is 14.1. The van der Waals surface area contributed by atoms with Gasteiger partial charge in [0.1, 0.15) is 0 Å². The van der Waals surface area contributed by atoms with Crippen LogP contribution in [0.25, 0.3) is 0 Å². The van der Waals surface area contributed by atoms with Gasteiger partial charge in [-0.05, 0) is 12.8 Å². The Morgan fingerprint density at radius 3 is 2.40 bits per heavy atom. The number of imide groups is 1. The number of carbonyl (C=O) groups is 2. The highest BCUT2D eigenvalue weighted by atomic mass is 16.5. The van der Waals surface area contributed by atoms with Gasteiger partial charge in [0.15, 0.2) is 0 Å². The molecule has 2 amide bonds. The summed E-state index contributed by atoms with van der Waals surface area (Å²) in [4.78, 5) is 24.5. The lowest BCUT2D eigenvalue weighted by molar-refractivity contribution is -0.142. The number of hydrazone groups is 1. The van der Waals surface area contributed by atoms with Crippen LogP contribution in [0.5, 0.6) is 0 Å². The molecule has 108 valence electrons. The van der Waals surface area contributed by atoms with Crippen molar-refractivity contribution in [3.05, 3.63) is 12.2 Å². The fraction of sp³-hybridized carbons (Fsp3) is 0.667. The Labute approximate surface area is 118 Å². The maximum absolute atomic E-state index is 12.2. The summed E-state index contributed by atoms with van der Waals surface area (Å²) in [5, 5.41) is 5.15. The van der Waals surface area contributed by atoms with Crippen molar-refractivity contribution in [1.29, 1.82) is 0 Å². The molecule has 0 radical (unpaired) electrons. The molecule has 20 heavy (non-hydrogen) atoms. The summed E-state index contributed by atoms with van der Waals surface area (Å²) in [7, 11) is 0. The van der Waals surface area contributed by atoms with Crippen LogP contribution in [-0.2, 0) is 14.3 Å². The van der Waals surface area contributed by atoms with E-state index in [1.807, 2.05) is 12.2 Å². The normalized spacial score (nSPS) is 34.8. The van der Waals surface area contributed by atoms with Gasteiger partial charge in [0.2, 0.25) is 0 Å². The van der Waals surface area contributed by atoms with Crippen LogP contribution >= 0.6 is 0 Å². The summed E-state index contributed by atoms with van der Waals surface area (Å²) in [6, 6.07) is 0. The zero-order valence-corrected chi connectivity index (χ0v) is 11.7. The van der Waals surface area contributed by atoms with E-state index in [-0.39, 0.29) is 35.9 Å². The third-order valence-corrected chi connectivity index (χ3v) is 4.27. The summed E-state index contributed by atoms with van der Waals surface area (Å²) >= 11 is 0. The highest BCUT2D eigenvalue weighted by molar-refractivity contribution is 6.06. The van der Waals surface area contributed by atoms with E-state index in [1.54, 1.807) is 6.21 Å². The topological polar surface area (TPSA) is 59.0 Å². The fourth-order valence-corrected chi connectivity index (χ4v) is 3.20. The molecule has 0 unspecified atom stereocenters. The van der Waals surface area contributed by atoms with Crippen LogP contribution in [0.15, 0.2) is 17.3 Å². The SMILES string of the molecule is CCCCCC/C=N/N1C(=O)[C@@H]2[C@@H](C1=O)[C@@H]1C=C[C@@H]2O1. The first-order valence-electron chi connectivity index (χ1n) is 7.48. The first-order chi connectivity index (χ1) is 9.74. The van der Waals surface area contributed by atoms with Crippen molar-refractivity contribution in [1.82, 2.24) is 5.01 Å². The van der Waals surface area contributed by atoms with Crippen LogP contribution in [0.3, 0.4) is 0 Å². The largest absolute Gasteiger partial charge is 0.365 e. The van der Waals surface area contributed by atoms with Crippen LogP contribution in [0, 0.1) is 11.8 Å². The van der Waals surface area contributed by atoms with E-state index in [9.17, 15) is 9.59 Å². The van der Waals surface area contributed by atoms with Crippen molar-refractivity contribution in [3.63, 3.8) is 0 Å². The molecule has 2 bridgehead atoms. The number of rotatable bonds is 6. The summed E-state index contributed by atoms with van der Waals surface area (Å²) in [5.41, 5.74) is 0. The van der Waals surface area contributed by atoms with E-state index in [1.165, 1.54) is 12.8 Å². The van der Waals surface area contributed by atoms with E-state index in [0.717, 1.165) is 24.3 Å². The Morgan fingerprint density at radius 2 is 1.80 bits per heavy atom. The molecule has 3 aliphatic heterocycles. The van der Waals surface area contributed by atoms with Crippen LogP contribution < -0.4 is 0 Å². The third-order valence-electron chi connectivity index (χ3n) is 4.27. The van der Waals surface area contributed by atoms with Crippen LogP contribution in [0.2, 0.25) is 0 Å². The first-order valence-corrected chi connectivity index (χ1v) is 7.48. The lowest BCUT2D eigenvalue weighted by Crippen LogP contribution is -2.30. The maximum atomic E-state index is 12.2. The average Bonchev–Trinajstić information content (AvgIpc) is 3.11. The number of amides is 2. The molecule has 0 aromatic heterocycles. The van der Waals surface area contributed by atoms with Gasteiger partial charge in [0, 0.05) is 6.21 Å². The van der Waals surface area contributed by atoms with Crippen molar-refractivity contribution in [2.24, 2.45) is 16.9 Å². The van der Waals surface area contributed by atoms with Gasteiger partial charge >= 0.3 is 0 Å². The number of ether oxygens (including phenoxy) is 1. The Kier molecular flexibility index (Phi) is 3.70. The van der Waals surface area contributed by atoms with E-state index in [4.69, 9.17) is 4.74 Å². The molecule has 0 aromatic rings. The van der Waals surface area contributed by atoms with Gasteiger partial charge in [-0.3, -0.25) is 9.59 Å². The highest BCUT2D eigenvalue weighted by Gasteiger charge is 2.61. The van der Waals surface area contributed by atoms with Crippen molar-refractivity contribution < 1.29 is 14.3 Å². The molecule has 0 saturated carbocycles. The molecule has 3 heterocycles. The number of hydrogen-bond acceptors (Lipinski definition) is 4. The molecular formula is C15H20N2O3. The van der Waals surface area contributed by atoms with Crippen molar-refractivity contribution >= 4 is 18.0 Å². The fourth-order valence-electron chi connectivity index (χ4n) is 3.20. The molecule has 0 aromatic carbocycles. The maximum Gasteiger partial charge on any atom is 0.256 e. The standard InChI is InChI=1S/C15H20N2O3/c1-2-3-4-5-6-9-16-17-14(18)12-10-7-8-11(20-10)13(12)15(17)19/h7-13H,2-6H2,1H3/b16-9+/t10-,11-,12-,13-/m0/s1. The third kappa shape index (κ3) is 2.10. The smallest absolute Gasteiger partial charge is 0.256 e. The molecule has 0 aliphatic carbocycles. The monoisotopic (exact) mass is 276 g/mol. The van der Waals surface area contributed by atoms with Gasteiger partial charge in [-0.1, -0.05) is 38.3 Å². The number of fused-ring (bicyclic) bond motifs is 5. The number of hydrogen-bond donors (Lipinski definition) is 0. The molecule has 5 heteroatoms. The molecule has 2 saturated heterocycles. The first kappa shape index (κ1) is 13.5. The Bertz CT molecular complexity index is 442. The van der Waals surface area contributed by atoms with Crippen molar-refractivity contribution in [2.75, 3.05) is 0 Å². The Hall–Kier alpha value is -1.49. The Morgan fingerprint density at radius 1 is 1.15 bits per heavy atom. The Balaban J connectivity index is 1.58. The molecular weight excluding hydrogens is 256 g/mol. The molecule has 0 spiro atoms. The van der Waals surface area contributed by atoms with Gasteiger partial charge in [0.05, 0.1) is 24.0 Å². The molecule has 0 N–H and O–H groups in total. The summed E-state index contributed by atoms with van der Waals surface area (Å²) in [6.45, 7) is 2.17. The minimum atomic E-state index is -0.352. The highest BCUT2D eigenvalue weighted by Crippen LogP contribution is 2.45. The quantitative estimate of drug-likeness (QED) is 0.322. The van der Waals surface area contributed by atoms with Crippen molar-refractivity contribution in [3.8, 4) is 0 Å². The van der Waals surface area contributed by atoms with Gasteiger partial charge in [-0.2, -0.15) is 10.1 Å². The lowest BCUT2D eigenvalue weighted by atomic mass is 9.85. The van der Waals surface area contributed by atoms with Crippen LogP contribution in [0.1, 0.15) is 39.0 Å². The second kappa shape index (κ2) is 5.48. The van der Waals surface area contributed by atoms with Crippen LogP contribution in [0.4, 0.5) is 0 Å². The van der Waals surface area contributed by atoms with Crippen LogP contribution in [-0.4, -0.2) is 35.2 Å². The van der Waals surface area contributed by atoms with Gasteiger partial charge in [0.25, 0.3) is 11.8 Å².